The average Bonchev–Trinajstić information content (AvgIpc) is 2.88. The van der Waals surface area contributed by atoms with E-state index in [1.165, 1.54) is 31.4 Å². The zero-order chi connectivity index (χ0) is 27.6. The number of fused-ring (bicyclic) bond motifs is 1. The van der Waals surface area contributed by atoms with Crippen molar-refractivity contribution >= 4 is 67.1 Å². The van der Waals surface area contributed by atoms with Crippen LogP contribution in [-0.2, 0) is 16.5 Å². The number of ether oxygens (including phenoxy) is 1. The summed E-state index contributed by atoms with van der Waals surface area (Å²) in [6.07, 6.45) is 0.339. The molecule has 0 aliphatic heterocycles. The number of rotatable bonds is 7. The fourth-order valence-corrected chi connectivity index (χ4v) is 5.21. The molecule has 4 aromatic rings. The molecule has 0 spiro atoms. The first kappa shape index (κ1) is 30.8. The quantitative estimate of drug-likeness (QED) is 0.189. The third kappa shape index (κ3) is 6.55. The largest absolute Gasteiger partial charge is 1.00 e. The van der Waals surface area contributed by atoms with Gasteiger partial charge in [-0.05, 0) is 41.6 Å². The van der Waals surface area contributed by atoms with Crippen molar-refractivity contribution < 1.29 is 57.2 Å². The summed E-state index contributed by atoms with van der Waals surface area (Å²) < 4.78 is 39.0. The number of anilines is 1. The molecular formula is C26H20Cl2N3NaO6S. The maximum atomic E-state index is 13.5. The number of carbonyl (C=O) groups excluding carboxylic acids is 1. The number of hydrogen-bond donors (Lipinski definition) is 2. The second kappa shape index (κ2) is 12.6. The van der Waals surface area contributed by atoms with Gasteiger partial charge in [-0.1, -0.05) is 66.2 Å². The fraction of sp³-hybridized carbons (Fsp3) is 0.115. The van der Waals surface area contributed by atoms with Crippen molar-refractivity contribution in [1.82, 2.24) is 0 Å². The summed E-state index contributed by atoms with van der Waals surface area (Å²) in [6.45, 7) is 1.75. The minimum atomic E-state index is -4.77. The Balaban J connectivity index is 0.00000420. The molecule has 0 aliphatic carbocycles. The number of carbonyl (C=O) groups is 1. The monoisotopic (exact) mass is 595 g/mol. The van der Waals surface area contributed by atoms with Gasteiger partial charge in [0.15, 0.2) is 0 Å². The number of benzene rings is 4. The van der Waals surface area contributed by atoms with Crippen LogP contribution in [0.2, 0.25) is 10.0 Å². The normalized spacial score (nSPS) is 11.4. The first-order valence-corrected chi connectivity index (χ1v) is 13.3. The van der Waals surface area contributed by atoms with E-state index < -0.39 is 26.7 Å². The van der Waals surface area contributed by atoms with Crippen molar-refractivity contribution in [1.29, 1.82) is 0 Å². The Morgan fingerprint density at radius 2 is 1.69 bits per heavy atom. The minimum Gasteiger partial charge on any atom is -0.870 e. The van der Waals surface area contributed by atoms with Gasteiger partial charge in [-0.3, -0.25) is 9.35 Å². The van der Waals surface area contributed by atoms with Gasteiger partial charge in [-0.25, -0.2) is 0 Å². The van der Waals surface area contributed by atoms with Crippen molar-refractivity contribution in [2.24, 2.45) is 10.2 Å². The first-order valence-electron chi connectivity index (χ1n) is 11.1. The maximum absolute atomic E-state index is 13.5. The Hall–Kier alpha value is -2.70. The summed E-state index contributed by atoms with van der Waals surface area (Å²) in [5, 5.41) is 25.2. The Kier molecular flexibility index (Phi) is 10.0. The van der Waals surface area contributed by atoms with Gasteiger partial charge in [0.1, 0.15) is 16.3 Å². The zero-order valence-corrected chi connectivity index (χ0v) is 25.4. The van der Waals surface area contributed by atoms with Crippen molar-refractivity contribution in [2.75, 3.05) is 12.4 Å². The van der Waals surface area contributed by atoms with Gasteiger partial charge in [0.2, 0.25) is 0 Å². The van der Waals surface area contributed by atoms with Crippen LogP contribution in [0.15, 0.2) is 75.8 Å². The summed E-state index contributed by atoms with van der Waals surface area (Å²) >= 11 is 12.1. The molecule has 0 radical (unpaired) electrons. The van der Waals surface area contributed by atoms with E-state index >= 15 is 0 Å². The molecule has 0 bridgehead atoms. The van der Waals surface area contributed by atoms with Crippen molar-refractivity contribution in [3.8, 4) is 11.5 Å². The number of halogens is 2. The second-order valence-electron chi connectivity index (χ2n) is 8.04. The molecule has 196 valence electrons. The Morgan fingerprint density at radius 1 is 1.03 bits per heavy atom. The van der Waals surface area contributed by atoms with E-state index in [2.05, 4.69) is 15.5 Å². The van der Waals surface area contributed by atoms with Crippen LogP contribution in [0.3, 0.4) is 0 Å². The molecule has 0 unspecified atom stereocenters. The van der Waals surface area contributed by atoms with Crippen LogP contribution in [0.25, 0.3) is 10.8 Å². The van der Waals surface area contributed by atoms with Gasteiger partial charge < -0.3 is 15.2 Å². The predicted molar refractivity (Wildman–Crippen MR) is 144 cm³/mol. The van der Waals surface area contributed by atoms with E-state index in [1.54, 1.807) is 43.3 Å². The number of methoxy groups -OCH3 is 1. The minimum absolute atomic E-state index is 0. The van der Waals surface area contributed by atoms with Crippen molar-refractivity contribution in [3.63, 3.8) is 0 Å². The van der Waals surface area contributed by atoms with Crippen LogP contribution in [0, 0.1) is 0 Å². The van der Waals surface area contributed by atoms with E-state index in [4.69, 9.17) is 27.9 Å². The fourth-order valence-electron chi connectivity index (χ4n) is 3.84. The molecule has 0 heterocycles. The maximum Gasteiger partial charge on any atom is 1.00 e. The van der Waals surface area contributed by atoms with Crippen LogP contribution in [-0.4, -0.2) is 26.0 Å². The molecule has 2 N–H and O–H groups in total. The van der Waals surface area contributed by atoms with E-state index in [-0.39, 0.29) is 51.5 Å². The third-order valence-corrected chi connectivity index (χ3v) is 7.35. The number of aryl methyl sites for hydroxylation is 1. The summed E-state index contributed by atoms with van der Waals surface area (Å²) in [5.74, 6) is -1.11. The van der Waals surface area contributed by atoms with Gasteiger partial charge in [-0.2, -0.15) is 13.5 Å². The molecular weight excluding hydrogens is 576 g/mol. The molecule has 0 saturated carbocycles. The smallest absolute Gasteiger partial charge is 0.870 e. The number of azo groups is 1. The molecule has 1 amide bonds. The molecule has 13 heteroatoms. The number of hydrogen-bond acceptors (Lipinski definition) is 7. The van der Waals surface area contributed by atoms with Crippen LogP contribution in [0.5, 0.6) is 11.5 Å². The topological polar surface area (TPSA) is 140 Å². The summed E-state index contributed by atoms with van der Waals surface area (Å²) in [6, 6.07) is 15.6. The summed E-state index contributed by atoms with van der Waals surface area (Å²) in [5.41, 5.74) is 0.159. The van der Waals surface area contributed by atoms with E-state index in [0.29, 0.717) is 39.2 Å². The Labute approximate surface area is 256 Å². The summed E-state index contributed by atoms with van der Waals surface area (Å²) in [4.78, 5) is 12.5. The van der Waals surface area contributed by atoms with Crippen molar-refractivity contribution in [2.45, 2.75) is 18.2 Å². The van der Waals surface area contributed by atoms with Crippen LogP contribution < -0.4 is 44.7 Å². The van der Waals surface area contributed by atoms with E-state index in [1.807, 2.05) is 0 Å². The van der Waals surface area contributed by atoms with Crippen LogP contribution >= 0.6 is 23.2 Å². The number of nitrogens with zero attached hydrogens (tertiary/aromatic N) is 2. The number of amides is 1. The molecule has 0 aromatic heterocycles. The van der Waals surface area contributed by atoms with E-state index in [9.17, 15) is 22.9 Å². The number of nitrogens with one attached hydrogen (secondary N) is 1. The van der Waals surface area contributed by atoms with Crippen LogP contribution in [0.4, 0.5) is 17.1 Å². The van der Waals surface area contributed by atoms with Gasteiger partial charge in [-0.15, -0.1) is 5.11 Å². The standard InChI is InChI=1S/C26H21Cl2N3O6S.Na/c1-3-14-8-10-20(28)25(38(34,35)36)22(14)30-31-23-17-7-5-4-6-15(17)12-18(24(23)32)26(33)29-16-9-11-19(27)21(13-16)37-2;/h4-13,32H,3H2,1-2H3,(H,29,33)(H,34,35,36);/q;+1/p-1. The molecule has 0 atom stereocenters. The molecule has 9 nitrogen and oxygen atoms in total. The average molecular weight is 596 g/mol. The third-order valence-electron chi connectivity index (χ3n) is 5.68. The zero-order valence-electron chi connectivity index (χ0n) is 21.0. The second-order valence-corrected chi connectivity index (χ2v) is 10.2. The van der Waals surface area contributed by atoms with Gasteiger partial charge in [0.05, 0.1) is 22.8 Å². The SMILES string of the molecule is CCc1ccc(Cl)c(S(=O)(=O)O)c1N=Nc1c([O-])c(C(=O)Nc2ccc(Cl)c(OC)c2)cc2ccccc12.[Na+]. The first-order chi connectivity index (χ1) is 18.0. The predicted octanol–water partition coefficient (Wildman–Crippen LogP) is 3.71. The molecule has 0 aliphatic rings. The molecule has 4 rings (SSSR count). The Bertz CT molecular complexity index is 1710. The molecule has 0 saturated heterocycles. The van der Waals surface area contributed by atoms with Crippen molar-refractivity contribution in [3.05, 3.63) is 81.8 Å². The van der Waals surface area contributed by atoms with E-state index in [0.717, 1.165) is 0 Å². The van der Waals surface area contributed by atoms with Crippen LogP contribution in [0.1, 0.15) is 22.8 Å². The van der Waals surface area contributed by atoms with Gasteiger partial charge >= 0.3 is 29.6 Å². The molecule has 39 heavy (non-hydrogen) atoms. The van der Waals surface area contributed by atoms with Gasteiger partial charge in [0, 0.05) is 22.7 Å². The molecule has 0 fully saturated rings. The molecule has 4 aromatic carbocycles. The van der Waals surface area contributed by atoms with Gasteiger partial charge in [0.25, 0.3) is 16.0 Å². The summed E-state index contributed by atoms with van der Waals surface area (Å²) in [7, 11) is -3.34. The Morgan fingerprint density at radius 3 is 2.36 bits per heavy atom.